The van der Waals surface area contributed by atoms with Gasteiger partial charge in [-0.2, -0.15) is 0 Å². The molecule has 106 valence electrons. The fourth-order valence-corrected chi connectivity index (χ4v) is 2.09. The molecule has 0 amide bonds. The highest BCUT2D eigenvalue weighted by Crippen LogP contribution is 2.31. The molecule has 4 nitrogen and oxygen atoms in total. The molecule has 2 atom stereocenters. The van der Waals surface area contributed by atoms with E-state index in [1.165, 1.54) is 31.4 Å². The average Bonchev–Trinajstić information content (AvgIpc) is 2.41. The van der Waals surface area contributed by atoms with Gasteiger partial charge >= 0.3 is 5.97 Å². The number of nitrogens with two attached hydrogens (primary N) is 1. The number of aliphatic hydroxyl groups is 1. The second kappa shape index (κ2) is 6.63. The fraction of sp³-hybridized carbons (Fsp3) is 0.500. The van der Waals surface area contributed by atoms with Crippen molar-refractivity contribution in [1.29, 1.82) is 0 Å². The zero-order chi connectivity index (χ0) is 14.5. The van der Waals surface area contributed by atoms with Gasteiger partial charge in [0.15, 0.2) is 0 Å². The predicted octanol–water partition coefficient (Wildman–Crippen LogP) is 1.36. The van der Waals surface area contributed by atoms with Crippen molar-refractivity contribution in [3.8, 4) is 0 Å². The van der Waals surface area contributed by atoms with E-state index in [-0.39, 0.29) is 12.4 Å². The third-order valence-corrected chi connectivity index (χ3v) is 3.31. The molecule has 0 radical (unpaired) electrons. The van der Waals surface area contributed by atoms with E-state index in [0.29, 0.717) is 18.4 Å². The summed E-state index contributed by atoms with van der Waals surface area (Å²) in [5.41, 5.74) is 5.32. The summed E-state index contributed by atoms with van der Waals surface area (Å²) in [6.07, 6.45) is 0.208. The van der Waals surface area contributed by atoms with E-state index in [1.54, 1.807) is 6.92 Å². The number of ether oxygens (including phenoxy) is 1. The van der Waals surface area contributed by atoms with Crippen molar-refractivity contribution in [2.75, 3.05) is 13.7 Å². The van der Waals surface area contributed by atoms with Gasteiger partial charge in [0.2, 0.25) is 0 Å². The van der Waals surface area contributed by atoms with Crippen molar-refractivity contribution in [2.45, 2.75) is 31.3 Å². The molecule has 1 rings (SSSR count). The van der Waals surface area contributed by atoms with E-state index in [0.717, 1.165) is 0 Å². The molecule has 0 aliphatic heterocycles. The third-order valence-electron chi connectivity index (χ3n) is 3.31. The summed E-state index contributed by atoms with van der Waals surface area (Å²) in [4.78, 5) is 12.1. The first-order valence-electron chi connectivity index (χ1n) is 6.19. The Morgan fingerprint density at radius 2 is 2.05 bits per heavy atom. The summed E-state index contributed by atoms with van der Waals surface area (Å²) >= 11 is 0. The quantitative estimate of drug-likeness (QED) is 0.765. The lowest BCUT2D eigenvalue weighted by Crippen LogP contribution is -2.44. The van der Waals surface area contributed by atoms with Crippen LogP contribution in [0.25, 0.3) is 0 Å². The molecule has 2 unspecified atom stereocenters. The first kappa shape index (κ1) is 15.6. The van der Waals surface area contributed by atoms with Gasteiger partial charge in [-0.3, -0.25) is 4.79 Å². The maximum absolute atomic E-state index is 13.0. The van der Waals surface area contributed by atoms with Gasteiger partial charge in [0.1, 0.15) is 11.2 Å². The smallest absolute Gasteiger partial charge is 0.317 e. The Bertz CT molecular complexity index is 419. The molecular formula is C14H20FNO3. The highest BCUT2D eigenvalue weighted by Gasteiger charge is 2.40. The lowest BCUT2D eigenvalue weighted by molar-refractivity contribution is -0.147. The Balaban J connectivity index is 3.15. The SMILES string of the molecule is COC(=O)C(CN)(CCC(C)O)c1ccc(F)cc1. The first-order chi connectivity index (χ1) is 8.96. The molecule has 5 heteroatoms. The molecule has 0 aliphatic rings. The lowest BCUT2D eigenvalue weighted by Gasteiger charge is -2.30. The van der Waals surface area contributed by atoms with E-state index in [2.05, 4.69) is 0 Å². The van der Waals surface area contributed by atoms with Crippen LogP contribution in [0.2, 0.25) is 0 Å². The number of methoxy groups -OCH3 is 1. The second-order valence-corrected chi connectivity index (χ2v) is 4.67. The molecule has 1 aromatic carbocycles. The average molecular weight is 269 g/mol. The van der Waals surface area contributed by atoms with Crippen LogP contribution in [-0.4, -0.2) is 30.8 Å². The van der Waals surface area contributed by atoms with E-state index in [9.17, 15) is 14.3 Å². The molecule has 0 aromatic heterocycles. The molecular weight excluding hydrogens is 249 g/mol. The number of carbonyl (C=O) groups is 1. The highest BCUT2D eigenvalue weighted by atomic mass is 19.1. The Hall–Kier alpha value is -1.46. The minimum atomic E-state index is -1.04. The predicted molar refractivity (Wildman–Crippen MR) is 70.1 cm³/mol. The second-order valence-electron chi connectivity index (χ2n) is 4.67. The van der Waals surface area contributed by atoms with Crippen LogP contribution in [0.5, 0.6) is 0 Å². The van der Waals surface area contributed by atoms with E-state index < -0.39 is 17.5 Å². The van der Waals surface area contributed by atoms with Gasteiger partial charge < -0.3 is 15.6 Å². The maximum atomic E-state index is 13.0. The molecule has 0 bridgehead atoms. The summed E-state index contributed by atoms with van der Waals surface area (Å²) in [5, 5.41) is 9.40. The van der Waals surface area contributed by atoms with Gasteiger partial charge in [-0.15, -0.1) is 0 Å². The summed E-state index contributed by atoms with van der Waals surface area (Å²) in [7, 11) is 1.29. The van der Waals surface area contributed by atoms with Crippen LogP contribution in [0.1, 0.15) is 25.3 Å². The number of esters is 1. The Morgan fingerprint density at radius 3 is 2.47 bits per heavy atom. The number of aliphatic hydroxyl groups excluding tert-OH is 1. The first-order valence-corrected chi connectivity index (χ1v) is 6.19. The number of halogens is 1. The van der Waals surface area contributed by atoms with Crippen LogP contribution in [0, 0.1) is 5.82 Å². The van der Waals surface area contributed by atoms with Crippen LogP contribution in [-0.2, 0) is 14.9 Å². The van der Waals surface area contributed by atoms with E-state index >= 15 is 0 Å². The van der Waals surface area contributed by atoms with Gasteiger partial charge in [-0.1, -0.05) is 12.1 Å². The van der Waals surface area contributed by atoms with Crippen molar-refractivity contribution in [3.63, 3.8) is 0 Å². The summed E-state index contributed by atoms with van der Waals surface area (Å²) < 4.78 is 17.8. The molecule has 0 aliphatic carbocycles. The van der Waals surface area contributed by atoms with Crippen LogP contribution in [0.15, 0.2) is 24.3 Å². The normalized spacial score (nSPS) is 15.6. The molecule has 1 aromatic rings. The van der Waals surface area contributed by atoms with Gasteiger partial charge in [0.25, 0.3) is 0 Å². The van der Waals surface area contributed by atoms with Gasteiger partial charge in [0, 0.05) is 6.54 Å². The molecule has 3 N–H and O–H groups in total. The molecule has 0 heterocycles. The topological polar surface area (TPSA) is 72.5 Å². The Kier molecular flexibility index (Phi) is 5.44. The highest BCUT2D eigenvalue weighted by molar-refractivity contribution is 5.83. The maximum Gasteiger partial charge on any atom is 0.317 e. The zero-order valence-corrected chi connectivity index (χ0v) is 11.2. The van der Waals surface area contributed by atoms with Gasteiger partial charge in [0.05, 0.1) is 13.2 Å². The Morgan fingerprint density at radius 1 is 1.47 bits per heavy atom. The number of hydrogen-bond donors (Lipinski definition) is 2. The van der Waals surface area contributed by atoms with E-state index in [1.807, 2.05) is 0 Å². The number of hydrogen-bond acceptors (Lipinski definition) is 4. The lowest BCUT2D eigenvalue weighted by atomic mass is 9.76. The summed E-state index contributed by atoms with van der Waals surface area (Å²) in [5.74, 6) is -0.850. The minimum Gasteiger partial charge on any atom is -0.468 e. The summed E-state index contributed by atoms with van der Waals surface area (Å²) in [6.45, 7) is 1.68. The van der Waals surface area contributed by atoms with Gasteiger partial charge in [-0.25, -0.2) is 4.39 Å². The number of carbonyl (C=O) groups excluding carboxylic acids is 1. The van der Waals surface area contributed by atoms with Crippen molar-refractivity contribution in [1.82, 2.24) is 0 Å². The molecule has 0 saturated heterocycles. The molecule has 0 fully saturated rings. The Labute approximate surface area is 112 Å². The monoisotopic (exact) mass is 269 g/mol. The number of benzene rings is 1. The standard InChI is InChI=1S/C14H20FNO3/c1-10(17)7-8-14(9-16,13(18)19-2)11-3-5-12(15)6-4-11/h3-6,10,17H,7-9,16H2,1-2H3. The summed E-state index contributed by atoms with van der Waals surface area (Å²) in [6, 6.07) is 5.62. The van der Waals surface area contributed by atoms with Crippen molar-refractivity contribution >= 4 is 5.97 Å². The third kappa shape index (κ3) is 3.52. The van der Waals surface area contributed by atoms with Crippen LogP contribution in [0.4, 0.5) is 4.39 Å². The number of rotatable bonds is 6. The molecule has 19 heavy (non-hydrogen) atoms. The minimum absolute atomic E-state index is 0.0397. The van der Waals surface area contributed by atoms with Crippen molar-refractivity contribution in [3.05, 3.63) is 35.6 Å². The van der Waals surface area contributed by atoms with Crippen molar-refractivity contribution in [2.24, 2.45) is 5.73 Å². The van der Waals surface area contributed by atoms with E-state index in [4.69, 9.17) is 10.5 Å². The largest absolute Gasteiger partial charge is 0.468 e. The van der Waals surface area contributed by atoms with Gasteiger partial charge in [-0.05, 0) is 37.5 Å². The van der Waals surface area contributed by atoms with Crippen molar-refractivity contribution < 1.29 is 19.0 Å². The molecule has 0 saturated carbocycles. The fourth-order valence-electron chi connectivity index (χ4n) is 2.09. The van der Waals surface area contributed by atoms with Crippen LogP contribution < -0.4 is 5.73 Å². The van der Waals surface area contributed by atoms with Crippen LogP contribution >= 0.6 is 0 Å². The van der Waals surface area contributed by atoms with Crippen LogP contribution in [0.3, 0.4) is 0 Å². The molecule has 0 spiro atoms. The zero-order valence-electron chi connectivity index (χ0n) is 11.2.